The van der Waals surface area contributed by atoms with E-state index in [4.69, 9.17) is 11.6 Å². The molecule has 0 bridgehead atoms. The van der Waals surface area contributed by atoms with Crippen LogP contribution in [0.1, 0.15) is 20.3 Å². The van der Waals surface area contributed by atoms with Crippen LogP contribution in [0.2, 0.25) is 4.34 Å². The Morgan fingerprint density at radius 3 is 2.61 bits per heavy atom. The van der Waals surface area contributed by atoms with Crippen molar-refractivity contribution >= 4 is 48.9 Å². The zero-order chi connectivity index (χ0) is 13.9. The lowest BCUT2D eigenvalue weighted by Gasteiger charge is -2.21. The number of rotatable bonds is 6. The van der Waals surface area contributed by atoms with Gasteiger partial charge in [0.15, 0.2) is 4.21 Å². The highest BCUT2D eigenvalue weighted by Crippen LogP contribution is 2.34. The van der Waals surface area contributed by atoms with Gasteiger partial charge >= 0.3 is 0 Å². The van der Waals surface area contributed by atoms with E-state index in [-0.39, 0.29) is 16.7 Å². The van der Waals surface area contributed by atoms with E-state index in [1.807, 2.05) is 13.8 Å². The molecule has 0 amide bonds. The maximum atomic E-state index is 12.2. The highest BCUT2D eigenvalue weighted by molar-refractivity contribution is 9.10. The summed E-state index contributed by atoms with van der Waals surface area (Å²) in [5, 5.41) is 9.25. The third kappa shape index (κ3) is 3.91. The largest absolute Gasteiger partial charge is 0.395 e. The Hall–Kier alpha value is 0.340. The quantitative estimate of drug-likeness (QED) is 0.802. The van der Waals surface area contributed by atoms with Gasteiger partial charge in [-0.2, -0.15) is 0 Å². The Labute approximate surface area is 125 Å². The number of halogens is 2. The van der Waals surface area contributed by atoms with Crippen LogP contribution >= 0.6 is 38.9 Å². The average molecular weight is 377 g/mol. The van der Waals surface area contributed by atoms with Gasteiger partial charge in [-0.05, 0) is 27.9 Å². The van der Waals surface area contributed by atoms with Crippen LogP contribution < -0.4 is 4.72 Å². The van der Waals surface area contributed by atoms with Crippen molar-refractivity contribution in [2.45, 2.75) is 30.5 Å². The summed E-state index contributed by atoms with van der Waals surface area (Å²) in [5.74, 6) is 0.0546. The van der Waals surface area contributed by atoms with Gasteiger partial charge in [0.1, 0.15) is 0 Å². The van der Waals surface area contributed by atoms with Crippen molar-refractivity contribution in [2.75, 3.05) is 6.61 Å². The summed E-state index contributed by atoms with van der Waals surface area (Å²) in [6.07, 6.45) is 0.778. The van der Waals surface area contributed by atoms with Gasteiger partial charge in [0.25, 0.3) is 10.0 Å². The van der Waals surface area contributed by atoms with Crippen LogP contribution in [0.3, 0.4) is 0 Å². The maximum absolute atomic E-state index is 12.2. The van der Waals surface area contributed by atoms with Crippen molar-refractivity contribution in [3.05, 3.63) is 14.9 Å². The average Bonchev–Trinajstić information content (AvgIpc) is 2.65. The van der Waals surface area contributed by atoms with Gasteiger partial charge in [0.2, 0.25) is 0 Å². The first-order valence-corrected chi connectivity index (χ1v) is 8.86. The van der Waals surface area contributed by atoms with Crippen molar-refractivity contribution in [1.82, 2.24) is 4.72 Å². The van der Waals surface area contributed by atoms with Gasteiger partial charge in [-0.15, -0.1) is 11.3 Å². The Bertz CT molecular complexity index is 503. The van der Waals surface area contributed by atoms with Crippen LogP contribution in [0.5, 0.6) is 0 Å². The molecule has 0 aliphatic carbocycles. The highest BCUT2D eigenvalue weighted by atomic mass is 79.9. The number of aliphatic hydroxyl groups excluding tert-OH is 1. The van der Waals surface area contributed by atoms with Crippen molar-refractivity contribution in [1.29, 1.82) is 0 Å². The third-order valence-corrected chi connectivity index (χ3v) is 7.14. The minimum atomic E-state index is -3.66. The summed E-state index contributed by atoms with van der Waals surface area (Å²) in [6.45, 7) is 3.60. The summed E-state index contributed by atoms with van der Waals surface area (Å²) in [4.78, 5) is 0. The number of hydrogen-bond donors (Lipinski definition) is 2. The molecule has 0 unspecified atom stereocenters. The zero-order valence-electron chi connectivity index (χ0n) is 9.98. The lowest BCUT2D eigenvalue weighted by molar-refractivity contribution is 0.219. The van der Waals surface area contributed by atoms with Crippen LogP contribution in [-0.2, 0) is 10.0 Å². The zero-order valence-corrected chi connectivity index (χ0v) is 14.0. The molecule has 18 heavy (non-hydrogen) atoms. The molecular weight excluding hydrogens is 362 g/mol. The molecule has 4 nitrogen and oxygen atoms in total. The van der Waals surface area contributed by atoms with Gasteiger partial charge in [-0.25, -0.2) is 13.1 Å². The van der Waals surface area contributed by atoms with Gasteiger partial charge in [-0.1, -0.05) is 31.9 Å². The van der Waals surface area contributed by atoms with Crippen molar-refractivity contribution in [2.24, 2.45) is 5.92 Å². The van der Waals surface area contributed by atoms with Crippen molar-refractivity contribution in [3.8, 4) is 0 Å². The molecule has 0 fully saturated rings. The molecular formula is C10H15BrClNO3S2. The number of sulfonamides is 1. The van der Waals surface area contributed by atoms with Gasteiger partial charge in [-0.3, -0.25) is 0 Å². The number of thiophene rings is 1. The van der Waals surface area contributed by atoms with E-state index in [0.29, 0.717) is 8.81 Å². The highest BCUT2D eigenvalue weighted by Gasteiger charge is 2.26. The van der Waals surface area contributed by atoms with E-state index in [2.05, 4.69) is 20.7 Å². The predicted molar refractivity (Wildman–Crippen MR) is 77.7 cm³/mol. The molecule has 8 heteroatoms. The minimum Gasteiger partial charge on any atom is -0.395 e. The van der Waals surface area contributed by atoms with Crippen LogP contribution in [0.15, 0.2) is 14.7 Å². The molecule has 2 atom stereocenters. The summed E-state index contributed by atoms with van der Waals surface area (Å²) in [5.41, 5.74) is 0. The second-order valence-electron chi connectivity index (χ2n) is 3.98. The molecule has 2 N–H and O–H groups in total. The first-order chi connectivity index (χ1) is 8.31. The molecule has 0 aliphatic heterocycles. The maximum Gasteiger partial charge on any atom is 0.251 e. The van der Waals surface area contributed by atoms with Crippen molar-refractivity contribution in [3.63, 3.8) is 0 Å². The second-order valence-corrected chi connectivity index (χ2v) is 8.43. The Morgan fingerprint density at radius 1 is 1.61 bits per heavy atom. The fraction of sp³-hybridized carbons (Fsp3) is 0.600. The lowest BCUT2D eigenvalue weighted by Crippen LogP contribution is -2.41. The Balaban J connectivity index is 2.97. The molecule has 1 rings (SSSR count). The monoisotopic (exact) mass is 375 g/mol. The first kappa shape index (κ1) is 16.4. The SMILES string of the molecule is CC[C@H](C)[C@@H](CO)NS(=O)(=O)c1sc(Cl)cc1Br. The molecule has 1 heterocycles. The molecule has 0 saturated carbocycles. The molecule has 1 aromatic rings. The molecule has 0 radical (unpaired) electrons. The number of aliphatic hydroxyl groups is 1. The minimum absolute atomic E-state index is 0.0546. The molecule has 1 aromatic heterocycles. The third-order valence-electron chi connectivity index (χ3n) is 2.70. The lowest BCUT2D eigenvalue weighted by atomic mass is 10.0. The summed E-state index contributed by atoms with van der Waals surface area (Å²) >= 11 is 9.92. The van der Waals surface area contributed by atoms with Crippen LogP contribution in [0.25, 0.3) is 0 Å². The molecule has 0 aliphatic rings. The fourth-order valence-electron chi connectivity index (χ4n) is 1.38. The van der Waals surface area contributed by atoms with Gasteiger partial charge < -0.3 is 5.11 Å². The topological polar surface area (TPSA) is 66.4 Å². The Kier molecular flexibility index (Phi) is 6.08. The van der Waals surface area contributed by atoms with Gasteiger partial charge in [0, 0.05) is 6.04 Å². The van der Waals surface area contributed by atoms with Gasteiger partial charge in [0.05, 0.1) is 15.4 Å². The fourth-order valence-corrected chi connectivity index (χ4v) is 5.74. The smallest absolute Gasteiger partial charge is 0.251 e. The first-order valence-electron chi connectivity index (χ1n) is 5.39. The molecule has 0 saturated heterocycles. The van der Waals surface area contributed by atoms with E-state index in [9.17, 15) is 13.5 Å². The Morgan fingerprint density at radius 2 is 2.22 bits per heavy atom. The molecule has 0 spiro atoms. The molecule has 0 aromatic carbocycles. The summed E-state index contributed by atoms with van der Waals surface area (Å²) < 4.78 is 27.8. The second kappa shape index (κ2) is 6.67. The predicted octanol–water partition coefficient (Wildman–Crippen LogP) is 2.85. The van der Waals surface area contributed by atoms with E-state index in [1.165, 1.54) is 6.07 Å². The number of nitrogens with one attached hydrogen (secondary N) is 1. The van der Waals surface area contributed by atoms with E-state index in [0.717, 1.165) is 17.8 Å². The van der Waals surface area contributed by atoms with E-state index >= 15 is 0 Å². The van der Waals surface area contributed by atoms with E-state index < -0.39 is 16.1 Å². The summed E-state index contributed by atoms with van der Waals surface area (Å²) in [7, 11) is -3.66. The van der Waals surface area contributed by atoms with Crippen molar-refractivity contribution < 1.29 is 13.5 Å². The normalized spacial score (nSPS) is 15.6. The standard InChI is InChI=1S/C10H15BrClNO3S2/c1-3-6(2)8(5-14)13-18(15,16)10-7(11)4-9(12)17-10/h4,6,8,13-14H,3,5H2,1-2H3/t6-,8+/m0/s1. The summed E-state index contributed by atoms with van der Waals surface area (Å²) in [6, 6.07) is 1.05. The van der Waals surface area contributed by atoms with Crippen LogP contribution in [-0.4, -0.2) is 26.2 Å². The van der Waals surface area contributed by atoms with E-state index in [1.54, 1.807) is 0 Å². The van der Waals surface area contributed by atoms with Crippen LogP contribution in [0.4, 0.5) is 0 Å². The molecule has 104 valence electrons. The number of hydrogen-bond acceptors (Lipinski definition) is 4. The van der Waals surface area contributed by atoms with Crippen LogP contribution in [0, 0.1) is 5.92 Å².